The van der Waals surface area contributed by atoms with Crippen molar-refractivity contribution in [2.24, 2.45) is 0 Å². The summed E-state index contributed by atoms with van der Waals surface area (Å²) < 4.78 is 5.50. The van der Waals surface area contributed by atoms with Gasteiger partial charge in [0.05, 0.1) is 7.11 Å². The number of carboxylic acids is 1. The first kappa shape index (κ1) is 19.2. The topological polar surface area (TPSA) is 116 Å². The SMILES string of the molecule is COc1ccc(CSC[C@H](NC(=O)Nc2n[nH]c(=S)s2)C(=O)O)cc1. The molecule has 0 fully saturated rings. The number of benzene rings is 1. The van der Waals surface area contributed by atoms with Gasteiger partial charge in [-0.3, -0.25) is 10.4 Å². The Hall–Kier alpha value is -2.11. The Bertz CT molecular complexity index is 775. The second-order valence-electron chi connectivity index (χ2n) is 4.77. The number of anilines is 1. The van der Waals surface area contributed by atoms with E-state index in [1.807, 2.05) is 24.3 Å². The molecule has 0 aliphatic rings. The number of urea groups is 1. The number of carbonyl (C=O) groups excluding carboxylic acids is 1. The van der Waals surface area contributed by atoms with Crippen LogP contribution in [0.25, 0.3) is 0 Å². The van der Waals surface area contributed by atoms with E-state index in [4.69, 9.17) is 17.0 Å². The van der Waals surface area contributed by atoms with Crippen LogP contribution >= 0.6 is 35.3 Å². The molecule has 2 amide bonds. The van der Waals surface area contributed by atoms with Crippen molar-refractivity contribution >= 4 is 52.4 Å². The Balaban J connectivity index is 1.82. The van der Waals surface area contributed by atoms with E-state index in [2.05, 4.69) is 20.8 Å². The van der Waals surface area contributed by atoms with Gasteiger partial charge in [0, 0.05) is 11.5 Å². The van der Waals surface area contributed by atoms with Gasteiger partial charge < -0.3 is 15.2 Å². The van der Waals surface area contributed by atoms with E-state index in [1.165, 1.54) is 11.8 Å². The van der Waals surface area contributed by atoms with E-state index in [9.17, 15) is 14.7 Å². The van der Waals surface area contributed by atoms with Crippen molar-refractivity contribution in [2.45, 2.75) is 11.8 Å². The molecule has 11 heteroatoms. The number of methoxy groups -OCH3 is 1. The van der Waals surface area contributed by atoms with Crippen molar-refractivity contribution in [1.82, 2.24) is 15.5 Å². The quantitative estimate of drug-likeness (QED) is 0.503. The Morgan fingerprint density at radius 2 is 2.16 bits per heavy atom. The standard InChI is InChI=1S/C14H16N4O4S3/c1-22-9-4-2-8(3-5-9)6-24-7-10(11(19)20)15-12(21)16-13-17-18-14(23)25-13/h2-5,10H,6-7H2,1H3,(H,18,23)(H,19,20)(H2,15,16,17,21)/t10-/m0/s1. The lowest BCUT2D eigenvalue weighted by molar-refractivity contribution is -0.138. The van der Waals surface area contributed by atoms with Gasteiger partial charge in [-0.05, 0) is 29.9 Å². The largest absolute Gasteiger partial charge is 0.497 e. The van der Waals surface area contributed by atoms with Gasteiger partial charge in [-0.2, -0.15) is 11.8 Å². The van der Waals surface area contributed by atoms with Crippen LogP contribution in [0.4, 0.5) is 9.93 Å². The number of nitrogens with one attached hydrogen (secondary N) is 3. The van der Waals surface area contributed by atoms with Gasteiger partial charge in [0.15, 0.2) is 3.95 Å². The minimum Gasteiger partial charge on any atom is -0.497 e. The molecule has 0 aliphatic carbocycles. The van der Waals surface area contributed by atoms with Crippen LogP contribution in [0.3, 0.4) is 0 Å². The predicted octanol–water partition coefficient (Wildman–Crippen LogP) is 2.72. The summed E-state index contributed by atoms with van der Waals surface area (Å²) in [5.74, 6) is 0.507. The van der Waals surface area contributed by atoms with Crippen molar-refractivity contribution in [1.29, 1.82) is 0 Å². The number of amides is 2. The summed E-state index contributed by atoms with van der Waals surface area (Å²) in [4.78, 5) is 23.2. The number of carbonyl (C=O) groups is 2. The number of aromatic amines is 1. The molecule has 4 N–H and O–H groups in total. The fourth-order valence-corrected chi connectivity index (χ4v) is 3.56. The molecule has 1 aromatic carbocycles. The van der Waals surface area contributed by atoms with Crippen LogP contribution in [-0.4, -0.2) is 46.2 Å². The lowest BCUT2D eigenvalue weighted by atomic mass is 10.2. The van der Waals surface area contributed by atoms with E-state index in [0.29, 0.717) is 9.71 Å². The Labute approximate surface area is 157 Å². The van der Waals surface area contributed by atoms with E-state index in [0.717, 1.165) is 22.6 Å². The smallest absolute Gasteiger partial charge is 0.327 e. The molecule has 0 bridgehead atoms. The number of aliphatic carboxylic acids is 1. The maximum atomic E-state index is 11.9. The van der Waals surface area contributed by atoms with Gasteiger partial charge in [-0.25, -0.2) is 9.59 Å². The number of aromatic nitrogens is 2. The fraction of sp³-hybridized carbons (Fsp3) is 0.286. The average molecular weight is 401 g/mol. The van der Waals surface area contributed by atoms with Crippen molar-refractivity contribution < 1.29 is 19.4 Å². The van der Waals surface area contributed by atoms with Gasteiger partial charge >= 0.3 is 12.0 Å². The molecule has 1 heterocycles. The van der Waals surface area contributed by atoms with Crippen molar-refractivity contribution in [3.8, 4) is 5.75 Å². The molecule has 0 radical (unpaired) electrons. The zero-order valence-electron chi connectivity index (χ0n) is 13.1. The molecule has 0 aliphatic heterocycles. The lowest BCUT2D eigenvalue weighted by Crippen LogP contribution is -2.44. The Morgan fingerprint density at radius 1 is 1.44 bits per heavy atom. The first-order chi connectivity index (χ1) is 12.0. The molecule has 2 aromatic rings. The zero-order chi connectivity index (χ0) is 18.2. The zero-order valence-corrected chi connectivity index (χ0v) is 15.6. The van der Waals surface area contributed by atoms with Gasteiger partial charge in [0.1, 0.15) is 11.8 Å². The molecule has 2 rings (SSSR count). The molecule has 0 saturated carbocycles. The summed E-state index contributed by atoms with van der Waals surface area (Å²) in [5.41, 5.74) is 1.04. The molecule has 0 unspecified atom stereocenters. The minimum absolute atomic E-state index is 0.227. The Kier molecular flexibility index (Phi) is 7.22. The maximum absolute atomic E-state index is 11.9. The molecule has 0 saturated heterocycles. The third-order valence-electron chi connectivity index (χ3n) is 2.97. The Morgan fingerprint density at radius 3 is 2.72 bits per heavy atom. The highest BCUT2D eigenvalue weighted by Crippen LogP contribution is 2.17. The molecular formula is C14H16N4O4S3. The highest BCUT2D eigenvalue weighted by atomic mass is 32.2. The average Bonchev–Trinajstić information content (AvgIpc) is 2.99. The molecule has 1 aromatic heterocycles. The van der Waals surface area contributed by atoms with Crippen molar-refractivity contribution in [3.63, 3.8) is 0 Å². The molecule has 8 nitrogen and oxygen atoms in total. The summed E-state index contributed by atoms with van der Waals surface area (Å²) in [5, 5.41) is 20.7. The normalized spacial score (nSPS) is 11.6. The maximum Gasteiger partial charge on any atom is 0.327 e. The van der Waals surface area contributed by atoms with Crippen LogP contribution in [-0.2, 0) is 10.5 Å². The number of hydrogen-bond acceptors (Lipinski definition) is 7. The highest BCUT2D eigenvalue weighted by molar-refractivity contribution is 7.98. The molecule has 25 heavy (non-hydrogen) atoms. The van der Waals surface area contributed by atoms with Gasteiger partial charge in [-0.1, -0.05) is 23.5 Å². The van der Waals surface area contributed by atoms with Crippen molar-refractivity contribution in [2.75, 3.05) is 18.2 Å². The number of H-pyrrole nitrogens is 1. The summed E-state index contributed by atoms with van der Waals surface area (Å²) >= 11 is 7.35. The van der Waals surface area contributed by atoms with Crippen LogP contribution in [0.5, 0.6) is 5.75 Å². The van der Waals surface area contributed by atoms with E-state index in [-0.39, 0.29) is 10.9 Å². The third kappa shape index (κ3) is 6.36. The third-order valence-corrected chi connectivity index (χ3v) is 5.09. The van der Waals surface area contributed by atoms with Crippen LogP contribution in [0.15, 0.2) is 24.3 Å². The number of nitrogens with zero attached hydrogens (tertiary/aromatic N) is 1. The lowest BCUT2D eigenvalue weighted by Gasteiger charge is -2.14. The summed E-state index contributed by atoms with van der Waals surface area (Å²) in [6.07, 6.45) is 0. The number of rotatable bonds is 8. The fourth-order valence-electron chi connectivity index (χ4n) is 1.77. The van der Waals surface area contributed by atoms with Crippen molar-refractivity contribution in [3.05, 3.63) is 33.8 Å². The summed E-state index contributed by atoms with van der Waals surface area (Å²) in [6, 6.07) is 5.84. The van der Waals surface area contributed by atoms with E-state index < -0.39 is 18.0 Å². The molecule has 1 atom stereocenters. The van der Waals surface area contributed by atoms with Gasteiger partial charge in [0.2, 0.25) is 5.13 Å². The van der Waals surface area contributed by atoms with E-state index in [1.54, 1.807) is 7.11 Å². The van der Waals surface area contributed by atoms with Crippen LogP contribution in [0.2, 0.25) is 0 Å². The van der Waals surface area contributed by atoms with Crippen LogP contribution < -0.4 is 15.4 Å². The highest BCUT2D eigenvalue weighted by Gasteiger charge is 2.20. The minimum atomic E-state index is -1.10. The number of ether oxygens (including phenoxy) is 1. The van der Waals surface area contributed by atoms with Gasteiger partial charge in [0.25, 0.3) is 0 Å². The van der Waals surface area contributed by atoms with Crippen LogP contribution in [0, 0.1) is 3.95 Å². The summed E-state index contributed by atoms with van der Waals surface area (Å²) in [6.45, 7) is 0. The predicted molar refractivity (Wildman–Crippen MR) is 100 cm³/mol. The number of carboxylic acid groups (broad SMARTS) is 1. The van der Waals surface area contributed by atoms with Crippen LogP contribution in [0.1, 0.15) is 5.56 Å². The molecular weight excluding hydrogens is 384 g/mol. The van der Waals surface area contributed by atoms with E-state index >= 15 is 0 Å². The first-order valence-corrected chi connectivity index (χ1v) is 9.42. The molecule has 0 spiro atoms. The first-order valence-electron chi connectivity index (χ1n) is 7.04. The second kappa shape index (κ2) is 9.39. The monoisotopic (exact) mass is 400 g/mol. The summed E-state index contributed by atoms with van der Waals surface area (Å²) in [7, 11) is 1.59. The second-order valence-corrected chi connectivity index (χ2v) is 7.47. The number of thioether (sulfide) groups is 1. The van der Waals surface area contributed by atoms with Gasteiger partial charge in [-0.15, -0.1) is 5.10 Å². The molecule has 134 valence electrons. The number of hydrogen-bond donors (Lipinski definition) is 4.